The Morgan fingerprint density at radius 3 is 2.55 bits per heavy atom. The van der Waals surface area contributed by atoms with Gasteiger partial charge in [0.2, 0.25) is 11.9 Å². The maximum absolute atomic E-state index is 13.3. The van der Waals surface area contributed by atoms with Crippen LogP contribution in [0, 0.1) is 5.92 Å². The van der Waals surface area contributed by atoms with Crippen LogP contribution in [0.2, 0.25) is 0 Å². The Kier molecular flexibility index (Phi) is 6.63. The van der Waals surface area contributed by atoms with Crippen LogP contribution in [-0.2, 0) is 16.1 Å². The molecule has 8 heteroatoms. The average Bonchev–Trinajstić information content (AvgIpc) is 3.18. The van der Waals surface area contributed by atoms with Crippen LogP contribution in [0.4, 0.5) is 10.7 Å². The number of aryl methyl sites for hydroxylation is 1. The van der Waals surface area contributed by atoms with E-state index in [0.717, 1.165) is 49.3 Å². The Hall–Kier alpha value is -2.77. The second kappa shape index (κ2) is 9.58. The van der Waals surface area contributed by atoms with Gasteiger partial charge in [0.05, 0.1) is 23.6 Å². The van der Waals surface area contributed by atoms with Gasteiger partial charge in [-0.05, 0) is 38.3 Å². The standard InChI is InChI=1S/C23H33N5O3/c1-3-11-28-20-10-6-5-9-19(20)24-22(28)27-12-7-8-18(17-27)21(29)25-13-15-26(16-14-25)23(30)31-4-2/h5-6,9-10,18H,3-4,7-8,11-17H2,1-2H3. The van der Waals surface area contributed by atoms with Crippen molar-refractivity contribution in [3.63, 3.8) is 0 Å². The van der Waals surface area contributed by atoms with Crippen molar-refractivity contribution in [2.75, 3.05) is 50.8 Å². The summed E-state index contributed by atoms with van der Waals surface area (Å²) in [5, 5.41) is 0. The van der Waals surface area contributed by atoms with E-state index in [1.165, 1.54) is 0 Å². The number of carbonyl (C=O) groups excluding carboxylic acids is 2. The van der Waals surface area contributed by atoms with Gasteiger partial charge in [0.25, 0.3) is 0 Å². The van der Waals surface area contributed by atoms with Crippen LogP contribution >= 0.6 is 0 Å². The van der Waals surface area contributed by atoms with Gasteiger partial charge in [-0.3, -0.25) is 4.79 Å². The molecule has 0 radical (unpaired) electrons. The van der Waals surface area contributed by atoms with E-state index in [0.29, 0.717) is 39.3 Å². The molecule has 1 aromatic heterocycles. The summed E-state index contributed by atoms with van der Waals surface area (Å²) in [7, 11) is 0. The fraction of sp³-hybridized carbons (Fsp3) is 0.609. The van der Waals surface area contributed by atoms with Crippen LogP contribution in [0.25, 0.3) is 11.0 Å². The maximum Gasteiger partial charge on any atom is 0.409 e. The Balaban J connectivity index is 1.43. The lowest BCUT2D eigenvalue weighted by molar-refractivity contribution is -0.137. The summed E-state index contributed by atoms with van der Waals surface area (Å²) < 4.78 is 7.37. The van der Waals surface area contributed by atoms with E-state index in [1.54, 1.807) is 11.8 Å². The molecule has 1 aromatic carbocycles. The number of fused-ring (bicyclic) bond motifs is 1. The minimum atomic E-state index is -0.284. The number of nitrogens with zero attached hydrogens (tertiary/aromatic N) is 5. The third-order valence-corrected chi connectivity index (χ3v) is 6.25. The van der Waals surface area contributed by atoms with Crippen LogP contribution < -0.4 is 4.90 Å². The highest BCUT2D eigenvalue weighted by atomic mass is 16.6. The third kappa shape index (κ3) is 4.48. The van der Waals surface area contributed by atoms with E-state index >= 15 is 0 Å². The van der Waals surface area contributed by atoms with Crippen molar-refractivity contribution in [3.8, 4) is 0 Å². The zero-order valence-corrected chi connectivity index (χ0v) is 18.6. The minimum Gasteiger partial charge on any atom is -0.450 e. The Bertz CT molecular complexity index is 919. The molecule has 2 aliphatic rings. The molecule has 3 heterocycles. The molecule has 0 bridgehead atoms. The molecule has 1 unspecified atom stereocenters. The molecule has 0 spiro atoms. The number of benzene rings is 1. The Morgan fingerprint density at radius 2 is 1.81 bits per heavy atom. The van der Waals surface area contributed by atoms with Crippen LogP contribution in [0.15, 0.2) is 24.3 Å². The number of amides is 2. The molecular formula is C23H33N5O3. The molecular weight excluding hydrogens is 394 g/mol. The fourth-order valence-corrected chi connectivity index (χ4v) is 4.69. The lowest BCUT2D eigenvalue weighted by Gasteiger charge is -2.39. The highest BCUT2D eigenvalue weighted by Crippen LogP contribution is 2.28. The van der Waals surface area contributed by atoms with Gasteiger partial charge in [-0.1, -0.05) is 19.1 Å². The molecule has 0 N–H and O–H groups in total. The fourth-order valence-electron chi connectivity index (χ4n) is 4.69. The molecule has 31 heavy (non-hydrogen) atoms. The zero-order valence-electron chi connectivity index (χ0n) is 18.6. The van der Waals surface area contributed by atoms with Crippen LogP contribution in [0.1, 0.15) is 33.1 Å². The Morgan fingerprint density at radius 1 is 1.06 bits per heavy atom. The molecule has 1 atom stereocenters. The molecule has 168 valence electrons. The number of piperazine rings is 1. The van der Waals surface area contributed by atoms with E-state index in [9.17, 15) is 9.59 Å². The third-order valence-electron chi connectivity index (χ3n) is 6.25. The van der Waals surface area contributed by atoms with Crippen molar-refractivity contribution < 1.29 is 14.3 Å². The van der Waals surface area contributed by atoms with Gasteiger partial charge in [0, 0.05) is 45.8 Å². The maximum atomic E-state index is 13.3. The van der Waals surface area contributed by atoms with Gasteiger partial charge in [0.1, 0.15) is 0 Å². The summed E-state index contributed by atoms with van der Waals surface area (Å²) in [5.41, 5.74) is 2.16. The summed E-state index contributed by atoms with van der Waals surface area (Å²) in [6.45, 7) is 9.11. The van der Waals surface area contributed by atoms with Crippen molar-refractivity contribution >= 4 is 29.0 Å². The number of para-hydroxylation sites is 2. The zero-order chi connectivity index (χ0) is 21.8. The molecule has 8 nitrogen and oxygen atoms in total. The first-order valence-electron chi connectivity index (χ1n) is 11.5. The van der Waals surface area contributed by atoms with E-state index < -0.39 is 0 Å². The summed E-state index contributed by atoms with van der Waals surface area (Å²) in [6.07, 6.45) is 2.64. The molecule has 2 amide bonds. The first-order valence-corrected chi connectivity index (χ1v) is 11.5. The van der Waals surface area contributed by atoms with Gasteiger partial charge >= 0.3 is 6.09 Å². The number of carbonyl (C=O) groups is 2. The molecule has 2 aliphatic heterocycles. The topological polar surface area (TPSA) is 70.9 Å². The van der Waals surface area contributed by atoms with Crippen LogP contribution in [0.3, 0.4) is 0 Å². The number of hydrogen-bond acceptors (Lipinski definition) is 5. The highest BCUT2D eigenvalue weighted by molar-refractivity contribution is 5.81. The second-order valence-corrected chi connectivity index (χ2v) is 8.35. The Labute approximate surface area is 183 Å². The molecule has 2 fully saturated rings. The minimum absolute atomic E-state index is 0.0298. The van der Waals surface area contributed by atoms with Crippen molar-refractivity contribution in [3.05, 3.63) is 24.3 Å². The predicted octanol–water partition coefficient (Wildman–Crippen LogP) is 2.96. The first kappa shape index (κ1) is 21.5. The summed E-state index contributed by atoms with van der Waals surface area (Å²) in [6, 6.07) is 8.25. The summed E-state index contributed by atoms with van der Waals surface area (Å²) >= 11 is 0. The first-order chi connectivity index (χ1) is 15.1. The van der Waals surface area contributed by atoms with Crippen molar-refractivity contribution in [2.24, 2.45) is 5.92 Å². The SMILES string of the molecule is CCCn1c(N2CCCC(C(=O)N3CCN(C(=O)OCC)CC3)C2)nc2ccccc21. The number of piperidine rings is 1. The number of ether oxygens (including phenoxy) is 1. The smallest absolute Gasteiger partial charge is 0.409 e. The highest BCUT2D eigenvalue weighted by Gasteiger charge is 2.33. The van der Waals surface area contributed by atoms with Gasteiger partial charge in [-0.15, -0.1) is 0 Å². The van der Waals surface area contributed by atoms with Gasteiger partial charge < -0.3 is 24.0 Å². The number of anilines is 1. The monoisotopic (exact) mass is 427 g/mol. The lowest BCUT2D eigenvalue weighted by atomic mass is 9.96. The molecule has 4 rings (SSSR count). The van der Waals surface area contributed by atoms with Crippen molar-refractivity contribution in [2.45, 2.75) is 39.7 Å². The van der Waals surface area contributed by atoms with Gasteiger partial charge in [0.15, 0.2) is 0 Å². The molecule has 2 saturated heterocycles. The number of imidazole rings is 1. The van der Waals surface area contributed by atoms with Crippen LogP contribution in [0.5, 0.6) is 0 Å². The van der Waals surface area contributed by atoms with E-state index in [1.807, 2.05) is 11.0 Å². The van der Waals surface area contributed by atoms with Crippen molar-refractivity contribution in [1.29, 1.82) is 0 Å². The quantitative estimate of drug-likeness (QED) is 0.734. The lowest BCUT2D eigenvalue weighted by Crippen LogP contribution is -2.54. The van der Waals surface area contributed by atoms with E-state index in [-0.39, 0.29) is 17.9 Å². The number of hydrogen-bond donors (Lipinski definition) is 0. The molecule has 2 aromatic rings. The van der Waals surface area contributed by atoms with Gasteiger partial charge in [-0.2, -0.15) is 0 Å². The van der Waals surface area contributed by atoms with Crippen LogP contribution in [-0.4, -0.2) is 77.2 Å². The summed E-state index contributed by atoms with van der Waals surface area (Å²) in [5.74, 6) is 1.15. The van der Waals surface area contributed by atoms with Gasteiger partial charge in [-0.25, -0.2) is 9.78 Å². The second-order valence-electron chi connectivity index (χ2n) is 8.35. The van der Waals surface area contributed by atoms with E-state index in [4.69, 9.17) is 9.72 Å². The summed E-state index contributed by atoms with van der Waals surface area (Å²) in [4.78, 5) is 36.0. The largest absolute Gasteiger partial charge is 0.450 e. The normalized spacial score (nSPS) is 19.7. The number of aromatic nitrogens is 2. The predicted molar refractivity (Wildman–Crippen MR) is 120 cm³/mol. The average molecular weight is 428 g/mol. The van der Waals surface area contributed by atoms with E-state index in [2.05, 4.69) is 34.6 Å². The molecule has 0 saturated carbocycles. The molecule has 0 aliphatic carbocycles. The van der Waals surface area contributed by atoms with Crippen molar-refractivity contribution in [1.82, 2.24) is 19.4 Å². The number of rotatable bonds is 5.